The number of carbonyl (C=O) groups excluding carboxylic acids is 1. The first-order chi connectivity index (χ1) is 13.0. The maximum absolute atomic E-state index is 14.1. The van der Waals surface area contributed by atoms with Crippen LogP contribution in [0.15, 0.2) is 41.1 Å². The Kier molecular flexibility index (Phi) is 5.70. The number of hydroxylamine groups is 1. The number of fused-ring (bicyclic) bond motifs is 1. The van der Waals surface area contributed by atoms with E-state index in [0.29, 0.717) is 11.0 Å². The largest absolute Gasteiger partial charge is 0.448 e. The van der Waals surface area contributed by atoms with Gasteiger partial charge < -0.3 is 19.9 Å². The molecule has 0 aliphatic carbocycles. The van der Waals surface area contributed by atoms with Crippen LogP contribution in [0, 0.1) is 5.82 Å². The fraction of sp³-hybridized carbons (Fsp3) is 0.176. The Morgan fingerprint density at radius 3 is 2.96 bits per heavy atom. The molecule has 0 bridgehead atoms. The summed E-state index contributed by atoms with van der Waals surface area (Å²) in [6.07, 6.45) is 1.80. The van der Waals surface area contributed by atoms with Crippen LogP contribution in [-0.4, -0.2) is 48.3 Å². The van der Waals surface area contributed by atoms with Crippen LogP contribution < -0.4 is 16.3 Å². The Bertz CT molecular complexity index is 965. The number of carbonyl (C=O) groups is 1. The van der Waals surface area contributed by atoms with Crippen LogP contribution in [0.4, 0.5) is 15.8 Å². The number of benzene rings is 1. The summed E-state index contributed by atoms with van der Waals surface area (Å²) in [5.74, 6) is -1.55. The van der Waals surface area contributed by atoms with E-state index in [4.69, 9.17) is 22.2 Å². The lowest BCUT2D eigenvalue weighted by Gasteiger charge is -2.10. The average molecular weight is 371 g/mol. The Morgan fingerprint density at radius 2 is 2.22 bits per heavy atom. The van der Waals surface area contributed by atoms with Crippen LogP contribution in [0.2, 0.25) is 0 Å². The second-order valence-electron chi connectivity index (χ2n) is 5.62. The molecular formula is C17H15BFN3O5. The molecule has 4 N–H and O–H groups in total. The molecule has 0 unspecified atom stereocenters. The molecule has 0 aliphatic rings. The van der Waals surface area contributed by atoms with E-state index in [1.165, 1.54) is 24.5 Å². The van der Waals surface area contributed by atoms with Crippen molar-refractivity contribution in [2.75, 3.05) is 18.5 Å². The van der Waals surface area contributed by atoms with Crippen molar-refractivity contribution in [3.05, 3.63) is 48.2 Å². The molecule has 0 aliphatic heterocycles. The van der Waals surface area contributed by atoms with Crippen LogP contribution in [0.25, 0.3) is 11.0 Å². The van der Waals surface area contributed by atoms with Gasteiger partial charge in [-0.1, -0.05) is 11.5 Å². The van der Waals surface area contributed by atoms with Crippen molar-refractivity contribution in [1.82, 2.24) is 10.5 Å². The molecule has 27 heavy (non-hydrogen) atoms. The highest BCUT2D eigenvalue weighted by Crippen LogP contribution is 2.33. The van der Waals surface area contributed by atoms with E-state index < -0.39 is 24.4 Å². The van der Waals surface area contributed by atoms with Gasteiger partial charge in [-0.2, -0.15) is 0 Å². The maximum atomic E-state index is 14.1. The Labute approximate surface area is 154 Å². The number of nitrogens with one attached hydrogen (secondary N) is 2. The lowest BCUT2D eigenvalue weighted by atomic mass is 9.96. The van der Waals surface area contributed by atoms with Crippen LogP contribution in [-0.2, 0) is 4.84 Å². The van der Waals surface area contributed by atoms with Gasteiger partial charge in [0.15, 0.2) is 0 Å². The SMILES string of the molecule is [B]c1ccc(Nc2c(C(=O)NOC[C@H](O)CO)oc3ccncc23)c(F)c1. The molecule has 2 aromatic heterocycles. The predicted molar refractivity (Wildman–Crippen MR) is 95.6 cm³/mol. The normalized spacial score (nSPS) is 12.1. The molecule has 1 atom stereocenters. The predicted octanol–water partition coefficient (Wildman–Crippen LogP) is 0.519. The van der Waals surface area contributed by atoms with Crippen LogP contribution in [0.1, 0.15) is 10.6 Å². The first kappa shape index (κ1) is 18.8. The maximum Gasteiger partial charge on any atom is 0.312 e. The molecule has 3 rings (SSSR count). The number of nitrogens with zero attached hydrogens (tertiary/aromatic N) is 1. The number of hydrogen-bond donors (Lipinski definition) is 4. The number of anilines is 2. The molecule has 8 nitrogen and oxygen atoms in total. The lowest BCUT2D eigenvalue weighted by molar-refractivity contribution is -0.0302. The monoisotopic (exact) mass is 371 g/mol. The quantitative estimate of drug-likeness (QED) is 0.353. The standard InChI is InChI=1S/C17H15BFN3O5/c18-9-1-2-13(12(19)5-9)21-15-11-6-20-4-3-14(11)27-16(15)17(25)22-26-8-10(24)7-23/h1-6,10,21,23-24H,7-8H2,(H,22,25)/t10-/m1/s1. The third-order valence-corrected chi connectivity index (χ3v) is 3.60. The zero-order chi connectivity index (χ0) is 19.4. The van der Waals surface area contributed by atoms with Crippen molar-refractivity contribution >= 4 is 41.6 Å². The number of halogens is 1. The molecule has 1 aromatic carbocycles. The minimum absolute atomic E-state index is 0.0847. The molecule has 3 aromatic rings. The van der Waals surface area contributed by atoms with E-state index in [1.54, 1.807) is 6.07 Å². The fourth-order valence-corrected chi connectivity index (χ4v) is 2.30. The lowest BCUT2D eigenvalue weighted by Crippen LogP contribution is -2.30. The second-order valence-corrected chi connectivity index (χ2v) is 5.62. The second kappa shape index (κ2) is 8.17. The summed E-state index contributed by atoms with van der Waals surface area (Å²) in [7, 11) is 5.55. The molecule has 0 saturated heterocycles. The Hall–Kier alpha value is -2.95. The molecule has 0 fully saturated rings. The van der Waals surface area contributed by atoms with Gasteiger partial charge in [-0.25, -0.2) is 9.87 Å². The summed E-state index contributed by atoms with van der Waals surface area (Å²) in [5.41, 5.74) is 2.97. The van der Waals surface area contributed by atoms with Gasteiger partial charge in [0.2, 0.25) is 5.76 Å². The van der Waals surface area contributed by atoms with Crippen molar-refractivity contribution in [3.8, 4) is 0 Å². The molecule has 2 radical (unpaired) electrons. The third kappa shape index (κ3) is 4.25. The molecule has 138 valence electrons. The van der Waals surface area contributed by atoms with E-state index in [-0.39, 0.29) is 29.2 Å². The average Bonchev–Trinajstić information content (AvgIpc) is 3.02. The summed E-state index contributed by atoms with van der Waals surface area (Å²) in [6.45, 7) is -0.839. The summed E-state index contributed by atoms with van der Waals surface area (Å²) in [5, 5.41) is 21.2. The zero-order valence-electron chi connectivity index (χ0n) is 14.0. The van der Waals surface area contributed by atoms with Crippen molar-refractivity contribution in [2.45, 2.75) is 6.10 Å². The van der Waals surface area contributed by atoms with E-state index in [9.17, 15) is 14.3 Å². The number of furan rings is 1. The van der Waals surface area contributed by atoms with Gasteiger partial charge in [0.05, 0.1) is 17.7 Å². The minimum atomic E-state index is -1.15. The number of hydrogen-bond acceptors (Lipinski definition) is 7. The highest BCUT2D eigenvalue weighted by Gasteiger charge is 2.22. The van der Waals surface area contributed by atoms with Crippen LogP contribution >= 0.6 is 0 Å². The first-order valence-corrected chi connectivity index (χ1v) is 7.89. The summed E-state index contributed by atoms with van der Waals surface area (Å²) < 4.78 is 19.7. The molecule has 2 heterocycles. The zero-order valence-corrected chi connectivity index (χ0v) is 14.0. The van der Waals surface area contributed by atoms with Crippen molar-refractivity contribution in [2.24, 2.45) is 0 Å². The number of aromatic nitrogens is 1. The molecule has 0 spiro atoms. The Balaban J connectivity index is 1.90. The van der Waals surface area contributed by atoms with E-state index in [0.717, 1.165) is 6.07 Å². The van der Waals surface area contributed by atoms with E-state index >= 15 is 0 Å². The van der Waals surface area contributed by atoms with E-state index in [1.807, 2.05) is 0 Å². The summed E-state index contributed by atoms with van der Waals surface area (Å²) in [4.78, 5) is 21.2. The van der Waals surface area contributed by atoms with Gasteiger partial charge in [-0.05, 0) is 18.2 Å². The number of amides is 1. The number of aliphatic hydroxyl groups is 2. The number of rotatable bonds is 7. The first-order valence-electron chi connectivity index (χ1n) is 7.89. The number of pyridine rings is 1. The smallest absolute Gasteiger partial charge is 0.312 e. The highest BCUT2D eigenvalue weighted by atomic mass is 19.1. The summed E-state index contributed by atoms with van der Waals surface area (Å²) in [6, 6.07) is 5.62. The van der Waals surface area contributed by atoms with Crippen molar-refractivity contribution in [3.63, 3.8) is 0 Å². The summed E-state index contributed by atoms with van der Waals surface area (Å²) >= 11 is 0. The van der Waals surface area contributed by atoms with Gasteiger partial charge in [0, 0.05) is 12.4 Å². The molecule has 0 saturated carbocycles. The highest BCUT2D eigenvalue weighted by molar-refractivity contribution is 6.32. The fourth-order valence-electron chi connectivity index (χ4n) is 2.30. The van der Waals surface area contributed by atoms with Crippen molar-refractivity contribution < 1.29 is 28.7 Å². The molecule has 10 heteroatoms. The van der Waals surface area contributed by atoms with Crippen LogP contribution in [0.3, 0.4) is 0 Å². The van der Waals surface area contributed by atoms with Crippen LogP contribution in [0.5, 0.6) is 0 Å². The van der Waals surface area contributed by atoms with Gasteiger partial charge in [0.1, 0.15) is 37.6 Å². The Morgan fingerprint density at radius 1 is 1.41 bits per heavy atom. The third-order valence-electron chi connectivity index (χ3n) is 3.60. The topological polar surface area (TPSA) is 117 Å². The molecule has 1 amide bonds. The molecular weight excluding hydrogens is 356 g/mol. The van der Waals surface area contributed by atoms with Gasteiger partial charge >= 0.3 is 5.91 Å². The minimum Gasteiger partial charge on any atom is -0.448 e. The van der Waals surface area contributed by atoms with E-state index in [2.05, 4.69) is 15.8 Å². The number of aliphatic hydroxyl groups excluding tert-OH is 2. The van der Waals surface area contributed by atoms with Gasteiger partial charge in [-0.3, -0.25) is 14.6 Å². The van der Waals surface area contributed by atoms with Gasteiger partial charge in [-0.15, -0.1) is 0 Å². The van der Waals surface area contributed by atoms with Crippen molar-refractivity contribution in [1.29, 1.82) is 0 Å². The van der Waals surface area contributed by atoms with Gasteiger partial charge in [0.25, 0.3) is 0 Å².